The first kappa shape index (κ1) is 6.27. The highest BCUT2D eigenvalue weighted by Crippen LogP contribution is 2.00. The lowest BCUT2D eigenvalue weighted by Crippen LogP contribution is -1.94. The standard InChI is InChI=1S/C8H10O/c9-8-6-4-2-1-3-5-7-8/h1-4H,5-7H2/b3-1-,4-2-. The third-order valence-electron chi connectivity index (χ3n) is 1.32. The van der Waals surface area contributed by atoms with Crippen LogP contribution in [0.3, 0.4) is 0 Å². The van der Waals surface area contributed by atoms with E-state index in [4.69, 9.17) is 0 Å². The molecule has 0 saturated carbocycles. The van der Waals surface area contributed by atoms with Crippen LogP contribution in [0.4, 0.5) is 0 Å². The van der Waals surface area contributed by atoms with Crippen LogP contribution in [0, 0.1) is 0 Å². The van der Waals surface area contributed by atoms with Gasteiger partial charge in [-0.05, 0) is 6.42 Å². The van der Waals surface area contributed by atoms with Crippen molar-refractivity contribution >= 4 is 5.78 Å². The summed E-state index contributed by atoms with van der Waals surface area (Å²) in [4.78, 5) is 10.8. The van der Waals surface area contributed by atoms with Crippen LogP contribution < -0.4 is 0 Å². The molecule has 1 aliphatic rings. The molecule has 0 aromatic rings. The molecule has 0 aromatic heterocycles. The first-order valence-electron chi connectivity index (χ1n) is 3.23. The van der Waals surface area contributed by atoms with E-state index in [0.29, 0.717) is 18.6 Å². The number of hydrogen-bond acceptors (Lipinski definition) is 1. The van der Waals surface area contributed by atoms with Crippen molar-refractivity contribution in [1.29, 1.82) is 0 Å². The van der Waals surface area contributed by atoms with Crippen LogP contribution >= 0.6 is 0 Å². The molecule has 0 N–H and O–H groups in total. The molecule has 0 spiro atoms. The third kappa shape index (κ3) is 2.27. The van der Waals surface area contributed by atoms with Gasteiger partial charge in [-0.2, -0.15) is 0 Å². The van der Waals surface area contributed by atoms with Crippen molar-refractivity contribution in [2.45, 2.75) is 19.3 Å². The van der Waals surface area contributed by atoms with Gasteiger partial charge in [0.25, 0.3) is 0 Å². The minimum absolute atomic E-state index is 0.343. The SMILES string of the molecule is O=C1C/C=C\C=C/CC1. The second kappa shape index (κ2) is 3.23. The second-order valence-corrected chi connectivity index (χ2v) is 2.14. The van der Waals surface area contributed by atoms with Crippen LogP contribution in [0.1, 0.15) is 19.3 Å². The molecule has 1 nitrogen and oxygen atoms in total. The van der Waals surface area contributed by atoms with Crippen LogP contribution in [-0.4, -0.2) is 5.78 Å². The van der Waals surface area contributed by atoms with Crippen LogP contribution in [-0.2, 0) is 4.79 Å². The molecular formula is C8H10O. The van der Waals surface area contributed by atoms with Gasteiger partial charge in [0.1, 0.15) is 5.78 Å². The van der Waals surface area contributed by atoms with Gasteiger partial charge in [-0.3, -0.25) is 4.79 Å². The summed E-state index contributed by atoms with van der Waals surface area (Å²) in [5, 5.41) is 0. The van der Waals surface area contributed by atoms with Crippen molar-refractivity contribution in [2.24, 2.45) is 0 Å². The lowest BCUT2D eigenvalue weighted by Gasteiger charge is -1.94. The van der Waals surface area contributed by atoms with Gasteiger partial charge in [0.15, 0.2) is 0 Å². The van der Waals surface area contributed by atoms with E-state index < -0.39 is 0 Å². The minimum atomic E-state index is 0.343. The molecule has 0 aliphatic heterocycles. The molecule has 1 heteroatoms. The largest absolute Gasteiger partial charge is 0.299 e. The Morgan fingerprint density at radius 2 is 2.00 bits per heavy atom. The molecule has 0 aromatic carbocycles. The summed E-state index contributed by atoms with van der Waals surface area (Å²) in [5.74, 6) is 0.343. The van der Waals surface area contributed by atoms with E-state index in [-0.39, 0.29) is 0 Å². The summed E-state index contributed by atoms with van der Waals surface area (Å²) < 4.78 is 0. The number of allylic oxidation sites excluding steroid dienone is 4. The highest BCUT2D eigenvalue weighted by atomic mass is 16.1. The zero-order valence-corrected chi connectivity index (χ0v) is 5.34. The summed E-state index contributed by atoms with van der Waals surface area (Å²) in [5.41, 5.74) is 0. The van der Waals surface area contributed by atoms with E-state index in [9.17, 15) is 4.79 Å². The number of carbonyl (C=O) groups excluding carboxylic acids is 1. The lowest BCUT2D eigenvalue weighted by molar-refractivity contribution is -0.118. The van der Waals surface area contributed by atoms with E-state index in [1.165, 1.54) is 0 Å². The zero-order valence-electron chi connectivity index (χ0n) is 5.34. The number of ketones is 1. The topological polar surface area (TPSA) is 17.1 Å². The summed E-state index contributed by atoms with van der Waals surface area (Å²) in [6.07, 6.45) is 10.1. The monoisotopic (exact) mass is 122 g/mol. The molecule has 0 atom stereocenters. The number of carbonyl (C=O) groups is 1. The summed E-state index contributed by atoms with van der Waals surface area (Å²) in [7, 11) is 0. The average molecular weight is 122 g/mol. The van der Waals surface area contributed by atoms with Crippen LogP contribution in [0.25, 0.3) is 0 Å². The Morgan fingerprint density at radius 1 is 1.22 bits per heavy atom. The second-order valence-electron chi connectivity index (χ2n) is 2.14. The molecule has 9 heavy (non-hydrogen) atoms. The van der Waals surface area contributed by atoms with Gasteiger partial charge in [-0.15, -0.1) is 0 Å². The Morgan fingerprint density at radius 3 is 2.89 bits per heavy atom. The molecule has 48 valence electrons. The predicted octanol–water partition coefficient (Wildman–Crippen LogP) is 1.85. The van der Waals surface area contributed by atoms with Crippen molar-refractivity contribution in [3.63, 3.8) is 0 Å². The number of rotatable bonds is 0. The molecule has 0 heterocycles. The average Bonchev–Trinajstić information content (AvgIpc) is 1.79. The Hall–Kier alpha value is -0.850. The maximum Gasteiger partial charge on any atom is 0.136 e. The summed E-state index contributed by atoms with van der Waals surface area (Å²) in [6, 6.07) is 0. The first-order valence-corrected chi connectivity index (χ1v) is 3.23. The predicted molar refractivity (Wildman–Crippen MR) is 37.1 cm³/mol. The van der Waals surface area contributed by atoms with Gasteiger partial charge in [0, 0.05) is 12.8 Å². The van der Waals surface area contributed by atoms with Crippen molar-refractivity contribution in [3.8, 4) is 0 Å². The quantitative estimate of drug-likeness (QED) is 0.479. The molecule has 0 bridgehead atoms. The number of hydrogen-bond donors (Lipinski definition) is 0. The van der Waals surface area contributed by atoms with Gasteiger partial charge in [0.05, 0.1) is 0 Å². The minimum Gasteiger partial charge on any atom is -0.299 e. The highest BCUT2D eigenvalue weighted by Gasteiger charge is 1.96. The zero-order chi connectivity index (χ0) is 6.53. The molecular weight excluding hydrogens is 112 g/mol. The van der Waals surface area contributed by atoms with E-state index >= 15 is 0 Å². The van der Waals surface area contributed by atoms with Crippen molar-refractivity contribution in [1.82, 2.24) is 0 Å². The van der Waals surface area contributed by atoms with Crippen LogP contribution in [0.2, 0.25) is 0 Å². The Bertz CT molecular complexity index is 154. The van der Waals surface area contributed by atoms with Gasteiger partial charge < -0.3 is 0 Å². The van der Waals surface area contributed by atoms with E-state index in [1.807, 2.05) is 24.3 Å². The van der Waals surface area contributed by atoms with E-state index in [1.54, 1.807) is 0 Å². The molecule has 0 amide bonds. The Labute approximate surface area is 55.1 Å². The molecule has 1 rings (SSSR count). The van der Waals surface area contributed by atoms with Gasteiger partial charge in [-0.25, -0.2) is 0 Å². The fourth-order valence-electron chi connectivity index (χ4n) is 0.799. The smallest absolute Gasteiger partial charge is 0.136 e. The van der Waals surface area contributed by atoms with Gasteiger partial charge >= 0.3 is 0 Å². The maximum absolute atomic E-state index is 10.8. The van der Waals surface area contributed by atoms with Crippen molar-refractivity contribution in [2.75, 3.05) is 0 Å². The summed E-state index contributed by atoms with van der Waals surface area (Å²) in [6.45, 7) is 0. The van der Waals surface area contributed by atoms with Crippen molar-refractivity contribution in [3.05, 3.63) is 24.3 Å². The fourth-order valence-corrected chi connectivity index (χ4v) is 0.799. The van der Waals surface area contributed by atoms with E-state index in [2.05, 4.69) is 0 Å². The Kier molecular flexibility index (Phi) is 2.25. The Balaban J connectivity index is 2.50. The van der Waals surface area contributed by atoms with Gasteiger partial charge in [-0.1, -0.05) is 24.3 Å². The molecule has 0 radical (unpaired) electrons. The first-order chi connectivity index (χ1) is 4.39. The van der Waals surface area contributed by atoms with Crippen molar-refractivity contribution < 1.29 is 4.79 Å². The fraction of sp³-hybridized carbons (Fsp3) is 0.375. The molecule has 1 aliphatic carbocycles. The van der Waals surface area contributed by atoms with Crippen LogP contribution in [0.15, 0.2) is 24.3 Å². The third-order valence-corrected chi connectivity index (χ3v) is 1.32. The maximum atomic E-state index is 10.8. The van der Waals surface area contributed by atoms with E-state index in [0.717, 1.165) is 6.42 Å². The van der Waals surface area contributed by atoms with Gasteiger partial charge in [0.2, 0.25) is 0 Å². The molecule has 0 unspecified atom stereocenters. The van der Waals surface area contributed by atoms with Crippen LogP contribution in [0.5, 0.6) is 0 Å². The number of Topliss-reactive ketones (excluding diaryl/α,β-unsaturated/α-hetero) is 1. The summed E-state index contributed by atoms with van der Waals surface area (Å²) >= 11 is 0. The molecule has 0 saturated heterocycles. The normalized spacial score (nSPS) is 26.4. The lowest BCUT2D eigenvalue weighted by atomic mass is 10.1. The highest BCUT2D eigenvalue weighted by molar-refractivity contribution is 5.80. The molecule has 0 fully saturated rings.